The largest absolute Gasteiger partial charge is 0.479 e. The summed E-state index contributed by atoms with van der Waals surface area (Å²) in [6.45, 7) is 2.22. The summed E-state index contributed by atoms with van der Waals surface area (Å²) in [7, 11) is 0. The third-order valence-corrected chi connectivity index (χ3v) is 4.85. The van der Waals surface area contributed by atoms with Crippen LogP contribution in [0, 0.1) is 18.3 Å². The number of benzene rings is 2. The molecule has 0 N–H and O–H groups in total. The van der Waals surface area contributed by atoms with Gasteiger partial charge in [-0.1, -0.05) is 36.4 Å². The summed E-state index contributed by atoms with van der Waals surface area (Å²) in [5.74, 6) is 0.296. The fourth-order valence-corrected chi connectivity index (χ4v) is 3.36. The first-order chi connectivity index (χ1) is 12.6. The molecular weight excluding hydrogens is 348 g/mol. The summed E-state index contributed by atoms with van der Waals surface area (Å²) in [5, 5.41) is 8.25. The second kappa shape index (κ2) is 7.89. The Kier molecular flexibility index (Phi) is 5.40. The quantitative estimate of drug-likeness (QED) is 0.746. The zero-order valence-corrected chi connectivity index (χ0v) is 15.0. The molecule has 0 radical (unpaired) electrons. The lowest BCUT2D eigenvalue weighted by molar-refractivity contribution is -0.123. The van der Waals surface area contributed by atoms with Gasteiger partial charge in [0, 0.05) is 0 Å². The van der Waals surface area contributed by atoms with E-state index in [4.69, 9.17) is 10.00 Å². The van der Waals surface area contributed by atoms with Gasteiger partial charge in [-0.15, -0.1) is 0 Å². The Morgan fingerprint density at radius 1 is 1.15 bits per heavy atom. The number of rotatable bonds is 5. The number of carbonyl (C=O) groups excluding carboxylic acids is 2. The van der Waals surface area contributed by atoms with Gasteiger partial charge in [0.2, 0.25) is 0 Å². The fraction of sp³-hybridized carbons (Fsp3) is 0.150. The van der Waals surface area contributed by atoms with Crippen molar-refractivity contribution < 1.29 is 14.3 Å². The van der Waals surface area contributed by atoms with Crippen molar-refractivity contribution in [1.82, 2.24) is 4.90 Å². The van der Waals surface area contributed by atoms with E-state index < -0.39 is 0 Å². The minimum Gasteiger partial charge on any atom is -0.479 e. The predicted molar refractivity (Wildman–Crippen MR) is 100 cm³/mol. The van der Waals surface area contributed by atoms with Crippen LogP contribution in [0.5, 0.6) is 5.75 Å². The van der Waals surface area contributed by atoms with Crippen molar-refractivity contribution in [2.24, 2.45) is 0 Å². The van der Waals surface area contributed by atoms with E-state index in [1.165, 1.54) is 4.90 Å². The monoisotopic (exact) mass is 364 g/mol. The average Bonchev–Trinajstić information content (AvgIpc) is 2.90. The summed E-state index contributed by atoms with van der Waals surface area (Å²) in [5.41, 5.74) is 2.79. The Balaban J connectivity index is 1.75. The fourth-order valence-electron chi connectivity index (χ4n) is 2.52. The lowest BCUT2D eigenvalue weighted by atomic mass is 10.1. The van der Waals surface area contributed by atoms with Crippen LogP contribution in [-0.2, 0) is 11.3 Å². The molecule has 1 aliphatic rings. The van der Waals surface area contributed by atoms with E-state index in [0.29, 0.717) is 10.7 Å². The molecule has 2 aromatic carbocycles. The second-order valence-electron chi connectivity index (χ2n) is 5.71. The van der Waals surface area contributed by atoms with Gasteiger partial charge in [0.25, 0.3) is 11.1 Å². The first kappa shape index (κ1) is 17.8. The first-order valence-electron chi connectivity index (χ1n) is 7.98. The number of aryl methyl sites for hydroxylation is 1. The normalized spacial score (nSPS) is 15.4. The highest BCUT2D eigenvalue weighted by Gasteiger charge is 2.35. The smallest absolute Gasteiger partial charge is 0.293 e. The van der Waals surface area contributed by atoms with Crippen LogP contribution in [-0.4, -0.2) is 22.7 Å². The zero-order chi connectivity index (χ0) is 18.5. The molecule has 6 heteroatoms. The molecular formula is C20H16N2O3S. The standard InChI is InChI=1S/C20H16N2O3S/c1-14-4-2-3-5-16(14)13-22-19(23)18(26-20(22)24)12-15-6-8-17(9-7-15)25-11-10-21/h2-9,12H,11,13H2,1H3/b18-12-. The molecule has 2 amide bonds. The molecule has 3 rings (SSSR count). The molecule has 0 saturated carbocycles. The number of carbonyl (C=O) groups is 2. The summed E-state index contributed by atoms with van der Waals surface area (Å²) in [4.78, 5) is 26.5. The molecule has 1 saturated heterocycles. The molecule has 0 aliphatic carbocycles. The van der Waals surface area contributed by atoms with Gasteiger partial charge in [-0.25, -0.2) is 0 Å². The number of nitriles is 1. The molecule has 0 unspecified atom stereocenters. The van der Waals surface area contributed by atoms with Gasteiger partial charge in [-0.05, 0) is 53.6 Å². The topological polar surface area (TPSA) is 70.4 Å². The van der Waals surface area contributed by atoms with Crippen molar-refractivity contribution in [3.05, 3.63) is 70.1 Å². The summed E-state index contributed by atoms with van der Waals surface area (Å²) in [6, 6.07) is 16.6. The van der Waals surface area contributed by atoms with Crippen LogP contribution in [0.15, 0.2) is 53.4 Å². The van der Waals surface area contributed by atoms with E-state index in [-0.39, 0.29) is 24.3 Å². The maximum Gasteiger partial charge on any atom is 0.293 e. The van der Waals surface area contributed by atoms with Gasteiger partial charge in [0.15, 0.2) is 6.61 Å². The molecule has 1 fully saturated rings. The molecule has 0 aromatic heterocycles. The molecule has 0 atom stereocenters. The minimum atomic E-state index is -0.284. The van der Waals surface area contributed by atoms with Crippen LogP contribution < -0.4 is 4.74 Å². The number of hydrogen-bond acceptors (Lipinski definition) is 5. The number of ether oxygens (including phenoxy) is 1. The van der Waals surface area contributed by atoms with Crippen LogP contribution in [0.1, 0.15) is 16.7 Å². The van der Waals surface area contributed by atoms with E-state index in [9.17, 15) is 9.59 Å². The SMILES string of the molecule is Cc1ccccc1CN1C(=O)S/C(=C\c2ccc(OCC#N)cc2)C1=O. The molecule has 130 valence electrons. The predicted octanol–water partition coefficient (Wildman–Crippen LogP) is 4.13. The summed E-state index contributed by atoms with van der Waals surface area (Å²) < 4.78 is 5.20. The molecule has 1 heterocycles. The lowest BCUT2D eigenvalue weighted by Gasteiger charge is -2.14. The van der Waals surface area contributed by atoms with Gasteiger partial charge < -0.3 is 4.74 Å². The van der Waals surface area contributed by atoms with E-state index in [1.54, 1.807) is 30.3 Å². The third kappa shape index (κ3) is 3.95. The van der Waals surface area contributed by atoms with Crippen LogP contribution in [0.3, 0.4) is 0 Å². The summed E-state index contributed by atoms with van der Waals surface area (Å²) in [6.07, 6.45) is 1.69. The highest BCUT2D eigenvalue weighted by Crippen LogP contribution is 2.33. The van der Waals surface area contributed by atoms with Gasteiger partial charge >= 0.3 is 0 Å². The molecule has 2 aromatic rings. The van der Waals surface area contributed by atoms with Crippen molar-refractivity contribution in [3.63, 3.8) is 0 Å². The van der Waals surface area contributed by atoms with Crippen LogP contribution >= 0.6 is 11.8 Å². The molecule has 0 bridgehead atoms. The molecule has 5 nitrogen and oxygen atoms in total. The van der Waals surface area contributed by atoms with E-state index >= 15 is 0 Å². The van der Waals surface area contributed by atoms with Gasteiger partial charge in [-0.2, -0.15) is 5.26 Å². The third-order valence-electron chi connectivity index (χ3n) is 3.94. The molecule has 0 spiro atoms. The minimum absolute atomic E-state index is 0.0167. The van der Waals surface area contributed by atoms with Gasteiger partial charge in [-0.3, -0.25) is 14.5 Å². The van der Waals surface area contributed by atoms with Crippen LogP contribution in [0.4, 0.5) is 4.79 Å². The number of imide groups is 1. The van der Waals surface area contributed by atoms with E-state index in [1.807, 2.05) is 37.3 Å². The zero-order valence-electron chi connectivity index (χ0n) is 14.1. The number of thioether (sulfide) groups is 1. The van der Waals surface area contributed by atoms with Crippen molar-refractivity contribution >= 4 is 29.0 Å². The Bertz CT molecular complexity index is 913. The van der Waals surface area contributed by atoms with Crippen molar-refractivity contribution in [2.75, 3.05) is 6.61 Å². The lowest BCUT2D eigenvalue weighted by Crippen LogP contribution is -2.27. The number of amides is 2. The highest BCUT2D eigenvalue weighted by atomic mass is 32.2. The Morgan fingerprint density at radius 2 is 1.88 bits per heavy atom. The first-order valence-corrected chi connectivity index (χ1v) is 8.80. The van der Waals surface area contributed by atoms with E-state index in [2.05, 4.69) is 0 Å². The Morgan fingerprint density at radius 3 is 2.58 bits per heavy atom. The number of hydrogen-bond donors (Lipinski definition) is 0. The van der Waals surface area contributed by atoms with Gasteiger partial charge in [0.1, 0.15) is 11.8 Å². The summed E-state index contributed by atoms with van der Waals surface area (Å²) >= 11 is 0.944. The maximum absolute atomic E-state index is 12.6. The number of nitrogens with zero attached hydrogens (tertiary/aromatic N) is 2. The maximum atomic E-state index is 12.6. The molecule has 26 heavy (non-hydrogen) atoms. The van der Waals surface area contributed by atoms with Crippen molar-refractivity contribution in [2.45, 2.75) is 13.5 Å². The average molecular weight is 364 g/mol. The Hall–Kier alpha value is -3.04. The molecule has 1 aliphatic heterocycles. The van der Waals surface area contributed by atoms with Crippen LogP contribution in [0.2, 0.25) is 0 Å². The van der Waals surface area contributed by atoms with Crippen LogP contribution in [0.25, 0.3) is 6.08 Å². The van der Waals surface area contributed by atoms with Crippen molar-refractivity contribution in [1.29, 1.82) is 5.26 Å². The highest BCUT2D eigenvalue weighted by molar-refractivity contribution is 8.18. The second-order valence-corrected chi connectivity index (χ2v) is 6.70. The van der Waals surface area contributed by atoms with Crippen molar-refractivity contribution in [3.8, 4) is 11.8 Å². The Labute approximate surface area is 155 Å². The van der Waals surface area contributed by atoms with Gasteiger partial charge in [0.05, 0.1) is 11.4 Å². The van der Waals surface area contributed by atoms with E-state index in [0.717, 1.165) is 28.5 Å².